The number of anilines is 2. The lowest BCUT2D eigenvalue weighted by Gasteiger charge is -2.23. The highest BCUT2D eigenvalue weighted by atomic mass is 19.4. The van der Waals surface area contributed by atoms with Crippen molar-refractivity contribution in [3.05, 3.63) is 58.9 Å². The standard InChI is InChI=1S/C18H17F3N4O/c19-18(20,21)12-2-1-3-13(9-12)24-17-16-11(5-7-23-15(16)10-26)8-14(25-17)4-6-22/h1-3,5,7-10,15,23H,4,6,22H2,(H,24,25). The summed E-state index contributed by atoms with van der Waals surface area (Å²) in [6, 6.07) is 6.02. The molecule has 4 N–H and O–H groups in total. The molecule has 3 rings (SSSR count). The number of alkyl halides is 3. The Kier molecular flexibility index (Phi) is 4.94. The molecule has 1 aromatic heterocycles. The molecule has 1 aliphatic heterocycles. The van der Waals surface area contributed by atoms with Gasteiger partial charge in [0, 0.05) is 23.4 Å². The number of nitrogens with two attached hydrogens (primary N) is 1. The molecule has 8 heteroatoms. The van der Waals surface area contributed by atoms with E-state index in [0.717, 1.165) is 24.0 Å². The zero-order valence-electron chi connectivity index (χ0n) is 13.7. The lowest BCUT2D eigenvalue weighted by Crippen LogP contribution is -2.23. The number of aromatic nitrogens is 1. The van der Waals surface area contributed by atoms with Crippen LogP contribution >= 0.6 is 0 Å². The number of aldehydes is 1. The van der Waals surface area contributed by atoms with Crippen molar-refractivity contribution in [1.29, 1.82) is 0 Å². The van der Waals surface area contributed by atoms with Gasteiger partial charge in [-0.15, -0.1) is 0 Å². The maximum Gasteiger partial charge on any atom is 0.416 e. The van der Waals surface area contributed by atoms with Gasteiger partial charge in [0.15, 0.2) is 0 Å². The van der Waals surface area contributed by atoms with E-state index in [9.17, 15) is 18.0 Å². The van der Waals surface area contributed by atoms with Gasteiger partial charge in [-0.25, -0.2) is 4.98 Å². The Labute approximate surface area is 148 Å². The number of nitrogens with zero attached hydrogens (tertiary/aromatic N) is 1. The van der Waals surface area contributed by atoms with Crippen LogP contribution in [0.1, 0.15) is 28.4 Å². The highest BCUT2D eigenvalue weighted by molar-refractivity contribution is 5.77. The molecule has 0 bridgehead atoms. The Morgan fingerprint density at radius 2 is 2.12 bits per heavy atom. The minimum Gasteiger partial charge on any atom is -0.378 e. The van der Waals surface area contributed by atoms with Gasteiger partial charge in [-0.2, -0.15) is 13.2 Å². The molecular formula is C18H17F3N4O. The number of carbonyl (C=O) groups excluding carboxylic acids is 1. The van der Waals surface area contributed by atoms with Gasteiger partial charge in [-0.3, -0.25) is 0 Å². The van der Waals surface area contributed by atoms with Crippen molar-refractivity contribution < 1.29 is 18.0 Å². The molecule has 2 heterocycles. The second kappa shape index (κ2) is 7.17. The van der Waals surface area contributed by atoms with Crippen LogP contribution in [0.4, 0.5) is 24.7 Å². The summed E-state index contributed by atoms with van der Waals surface area (Å²) >= 11 is 0. The fraction of sp³-hybridized carbons (Fsp3) is 0.222. The predicted octanol–water partition coefficient (Wildman–Crippen LogP) is 3.16. The fourth-order valence-corrected chi connectivity index (χ4v) is 2.81. The van der Waals surface area contributed by atoms with Crippen molar-refractivity contribution in [2.45, 2.75) is 18.6 Å². The molecule has 136 valence electrons. The van der Waals surface area contributed by atoms with E-state index in [1.54, 1.807) is 12.3 Å². The van der Waals surface area contributed by atoms with E-state index in [4.69, 9.17) is 5.73 Å². The van der Waals surface area contributed by atoms with Gasteiger partial charge in [0.05, 0.1) is 5.56 Å². The third-order valence-corrected chi connectivity index (χ3v) is 3.98. The Morgan fingerprint density at radius 1 is 1.31 bits per heavy atom. The minimum atomic E-state index is -4.44. The summed E-state index contributed by atoms with van der Waals surface area (Å²) in [5.41, 5.74) is 7.11. The molecule has 1 aromatic carbocycles. The van der Waals surface area contributed by atoms with Gasteiger partial charge in [0.25, 0.3) is 0 Å². The number of carbonyl (C=O) groups is 1. The smallest absolute Gasteiger partial charge is 0.378 e. The van der Waals surface area contributed by atoms with E-state index in [1.807, 2.05) is 6.07 Å². The normalized spacial score (nSPS) is 15.9. The van der Waals surface area contributed by atoms with E-state index < -0.39 is 17.8 Å². The zero-order chi connectivity index (χ0) is 18.7. The maximum atomic E-state index is 12.9. The highest BCUT2D eigenvalue weighted by Gasteiger charge is 2.30. The molecule has 0 amide bonds. The molecule has 0 saturated heterocycles. The van der Waals surface area contributed by atoms with E-state index in [-0.39, 0.29) is 5.69 Å². The molecule has 0 spiro atoms. The van der Waals surface area contributed by atoms with Crippen molar-refractivity contribution >= 4 is 23.9 Å². The molecule has 0 aliphatic carbocycles. The molecule has 1 atom stereocenters. The van der Waals surface area contributed by atoms with Gasteiger partial charge in [0.1, 0.15) is 18.1 Å². The average molecular weight is 362 g/mol. The molecule has 1 aliphatic rings. The monoisotopic (exact) mass is 362 g/mol. The SMILES string of the molecule is NCCc1cc2c(c(Nc3cccc(C(F)(F)F)c3)n1)C(C=O)NC=C2. The summed E-state index contributed by atoms with van der Waals surface area (Å²) in [5.74, 6) is 0.333. The van der Waals surface area contributed by atoms with E-state index in [0.29, 0.717) is 30.0 Å². The number of hydrogen-bond acceptors (Lipinski definition) is 5. The molecule has 0 fully saturated rings. The Balaban J connectivity index is 2.05. The lowest BCUT2D eigenvalue weighted by atomic mass is 9.97. The van der Waals surface area contributed by atoms with Gasteiger partial charge < -0.3 is 21.2 Å². The number of benzene rings is 1. The Bertz CT molecular complexity index is 849. The molecular weight excluding hydrogens is 345 g/mol. The number of nitrogens with one attached hydrogen (secondary N) is 2. The van der Waals surface area contributed by atoms with Crippen LogP contribution in [0.25, 0.3) is 6.08 Å². The van der Waals surface area contributed by atoms with Crippen molar-refractivity contribution in [3.8, 4) is 0 Å². The molecule has 5 nitrogen and oxygen atoms in total. The second-order valence-electron chi connectivity index (χ2n) is 5.82. The number of rotatable bonds is 5. The number of pyridine rings is 1. The molecule has 2 aromatic rings. The number of fused-ring (bicyclic) bond motifs is 1. The van der Waals surface area contributed by atoms with Crippen molar-refractivity contribution in [2.75, 3.05) is 11.9 Å². The van der Waals surface area contributed by atoms with Crippen molar-refractivity contribution in [2.24, 2.45) is 5.73 Å². The third-order valence-electron chi connectivity index (χ3n) is 3.98. The van der Waals surface area contributed by atoms with Gasteiger partial charge in [-0.05, 0) is 48.6 Å². The van der Waals surface area contributed by atoms with Gasteiger partial charge in [0.2, 0.25) is 0 Å². The van der Waals surface area contributed by atoms with Crippen LogP contribution < -0.4 is 16.4 Å². The molecule has 0 radical (unpaired) electrons. The molecule has 0 saturated carbocycles. The van der Waals surface area contributed by atoms with Crippen LogP contribution in [-0.4, -0.2) is 17.8 Å². The summed E-state index contributed by atoms with van der Waals surface area (Å²) in [7, 11) is 0. The summed E-state index contributed by atoms with van der Waals surface area (Å²) in [6.45, 7) is 0.383. The highest BCUT2D eigenvalue weighted by Crippen LogP contribution is 2.34. The Morgan fingerprint density at radius 3 is 2.81 bits per heavy atom. The summed E-state index contributed by atoms with van der Waals surface area (Å²) in [6.07, 6.45) is 0.235. The largest absolute Gasteiger partial charge is 0.416 e. The van der Waals surface area contributed by atoms with Crippen LogP contribution in [0, 0.1) is 0 Å². The van der Waals surface area contributed by atoms with Crippen LogP contribution in [0.15, 0.2) is 36.5 Å². The Hall–Kier alpha value is -2.87. The van der Waals surface area contributed by atoms with Crippen LogP contribution in [0.3, 0.4) is 0 Å². The number of halogens is 3. The average Bonchev–Trinajstić information content (AvgIpc) is 2.61. The van der Waals surface area contributed by atoms with Crippen LogP contribution in [0.5, 0.6) is 0 Å². The number of hydrogen-bond donors (Lipinski definition) is 3. The fourth-order valence-electron chi connectivity index (χ4n) is 2.81. The van der Waals surface area contributed by atoms with Crippen molar-refractivity contribution in [3.63, 3.8) is 0 Å². The first-order valence-corrected chi connectivity index (χ1v) is 7.98. The van der Waals surface area contributed by atoms with Crippen molar-refractivity contribution in [1.82, 2.24) is 10.3 Å². The molecule has 1 unspecified atom stereocenters. The quantitative estimate of drug-likeness (QED) is 0.712. The minimum absolute atomic E-state index is 0.235. The van der Waals surface area contributed by atoms with E-state index >= 15 is 0 Å². The first-order valence-electron chi connectivity index (χ1n) is 7.98. The summed E-state index contributed by atoms with van der Waals surface area (Å²) in [5, 5.41) is 5.83. The zero-order valence-corrected chi connectivity index (χ0v) is 13.7. The first kappa shape index (κ1) is 17.9. The predicted molar refractivity (Wildman–Crippen MR) is 92.7 cm³/mol. The third kappa shape index (κ3) is 3.70. The first-order chi connectivity index (χ1) is 12.4. The van der Waals surface area contributed by atoms with Crippen LogP contribution in [0.2, 0.25) is 0 Å². The van der Waals surface area contributed by atoms with Gasteiger partial charge in [-0.1, -0.05) is 6.07 Å². The molecule has 26 heavy (non-hydrogen) atoms. The van der Waals surface area contributed by atoms with Crippen LogP contribution in [-0.2, 0) is 17.4 Å². The second-order valence-corrected chi connectivity index (χ2v) is 5.82. The summed E-state index contributed by atoms with van der Waals surface area (Å²) in [4.78, 5) is 15.9. The van der Waals surface area contributed by atoms with E-state index in [2.05, 4.69) is 15.6 Å². The van der Waals surface area contributed by atoms with Gasteiger partial charge >= 0.3 is 6.18 Å². The maximum absolute atomic E-state index is 12.9. The topological polar surface area (TPSA) is 80.0 Å². The van der Waals surface area contributed by atoms with E-state index in [1.165, 1.54) is 12.1 Å². The lowest BCUT2D eigenvalue weighted by molar-refractivity contribution is -0.137. The summed E-state index contributed by atoms with van der Waals surface area (Å²) < 4.78 is 38.8.